The highest BCUT2D eigenvalue weighted by atomic mass is 31.2. The molecule has 0 heterocycles. The molecule has 10 heteroatoms. The van der Waals surface area contributed by atoms with Crippen LogP contribution in [0.15, 0.2) is 0 Å². The van der Waals surface area contributed by atoms with Crippen LogP contribution in [-0.4, -0.2) is 74.9 Å². The van der Waals surface area contributed by atoms with Gasteiger partial charge in [0, 0.05) is 12.8 Å². The number of carbonyl (C=O) groups excluding carboxylic acids is 2. The lowest BCUT2D eigenvalue weighted by molar-refractivity contribution is -0.870. The zero-order chi connectivity index (χ0) is 47.1. The maximum Gasteiger partial charge on any atom is 0.472 e. The van der Waals surface area contributed by atoms with Crippen LogP contribution in [-0.2, 0) is 32.7 Å². The number of phosphoric acid groups is 1. The van der Waals surface area contributed by atoms with Crippen molar-refractivity contribution in [3.8, 4) is 0 Å². The first-order valence-electron chi connectivity index (χ1n) is 27.8. The normalized spacial score (nSPS) is 13.3. The first-order valence-corrected chi connectivity index (χ1v) is 29.3. The average Bonchev–Trinajstić information content (AvgIpc) is 3.25. The van der Waals surface area contributed by atoms with Crippen LogP contribution in [0.5, 0.6) is 0 Å². The Morgan fingerprint density at radius 3 is 1.00 bits per heavy atom. The van der Waals surface area contributed by atoms with Crippen LogP contribution in [0.25, 0.3) is 0 Å². The van der Waals surface area contributed by atoms with Gasteiger partial charge in [0.2, 0.25) is 0 Å². The summed E-state index contributed by atoms with van der Waals surface area (Å²) in [5.74, 6) is -0.774. The predicted molar refractivity (Wildman–Crippen MR) is 271 cm³/mol. The van der Waals surface area contributed by atoms with Crippen LogP contribution < -0.4 is 0 Å². The molecule has 0 fully saturated rings. The van der Waals surface area contributed by atoms with E-state index in [4.69, 9.17) is 18.5 Å². The van der Waals surface area contributed by atoms with E-state index >= 15 is 0 Å². The fourth-order valence-corrected chi connectivity index (χ4v) is 9.05. The van der Waals surface area contributed by atoms with Crippen molar-refractivity contribution < 1.29 is 42.1 Å². The number of likely N-dealkylation sites (N-methyl/N-ethyl adjacent to an activating group) is 1. The average molecular weight is 931 g/mol. The topological polar surface area (TPSA) is 108 Å². The fraction of sp³-hybridized carbons (Fsp3) is 0.963. The third-order valence-electron chi connectivity index (χ3n) is 12.6. The second-order valence-corrected chi connectivity index (χ2v) is 21.8. The van der Waals surface area contributed by atoms with Crippen molar-refractivity contribution in [1.82, 2.24) is 0 Å². The van der Waals surface area contributed by atoms with Gasteiger partial charge in [0.1, 0.15) is 19.8 Å². The summed E-state index contributed by atoms with van der Waals surface area (Å²) in [6.07, 6.45) is 51.6. The van der Waals surface area contributed by atoms with Crippen LogP contribution in [0.1, 0.15) is 284 Å². The molecule has 382 valence electrons. The number of ether oxygens (including phenoxy) is 2. The van der Waals surface area contributed by atoms with E-state index in [9.17, 15) is 19.0 Å². The minimum absolute atomic E-state index is 0.0373. The van der Waals surface area contributed by atoms with Gasteiger partial charge in [0.15, 0.2) is 6.10 Å². The van der Waals surface area contributed by atoms with Gasteiger partial charge in [-0.15, -0.1) is 0 Å². The van der Waals surface area contributed by atoms with Gasteiger partial charge in [-0.05, 0) is 12.8 Å². The molecule has 0 saturated carbocycles. The van der Waals surface area contributed by atoms with Crippen molar-refractivity contribution in [2.24, 2.45) is 0 Å². The van der Waals surface area contributed by atoms with Crippen molar-refractivity contribution in [3.63, 3.8) is 0 Å². The smallest absolute Gasteiger partial charge is 0.462 e. The molecule has 0 radical (unpaired) electrons. The van der Waals surface area contributed by atoms with Crippen molar-refractivity contribution >= 4 is 19.8 Å². The standard InChI is InChI=1S/C54H108NO8P/c1-6-8-10-12-14-16-18-20-22-24-26-27-29-31-33-35-37-39-41-43-45-47-54(57)63-52(51-62-64(58,59)61-49-48-55(3,4)5)50-60-53(56)46-44-42-40-38-36-34-32-30-28-25-23-21-19-17-15-13-11-9-7-2/h52H,6-51H2,1-5H3/p+1. The summed E-state index contributed by atoms with van der Waals surface area (Å²) in [5, 5.41) is 0. The molecule has 0 aliphatic rings. The minimum Gasteiger partial charge on any atom is -0.462 e. The highest BCUT2D eigenvalue weighted by molar-refractivity contribution is 7.47. The van der Waals surface area contributed by atoms with Crippen LogP contribution in [0.4, 0.5) is 0 Å². The largest absolute Gasteiger partial charge is 0.472 e. The summed E-state index contributed by atoms with van der Waals surface area (Å²) in [5.41, 5.74) is 0. The lowest BCUT2D eigenvalue weighted by atomic mass is 10.0. The van der Waals surface area contributed by atoms with E-state index in [-0.39, 0.29) is 25.6 Å². The van der Waals surface area contributed by atoms with Crippen LogP contribution in [0, 0.1) is 0 Å². The number of rotatable bonds is 52. The van der Waals surface area contributed by atoms with Crippen molar-refractivity contribution in [2.75, 3.05) is 47.5 Å². The molecule has 64 heavy (non-hydrogen) atoms. The molecule has 0 bridgehead atoms. The van der Waals surface area contributed by atoms with E-state index in [2.05, 4.69) is 13.8 Å². The third-order valence-corrected chi connectivity index (χ3v) is 13.6. The second-order valence-electron chi connectivity index (χ2n) is 20.3. The predicted octanol–water partition coefficient (Wildman–Crippen LogP) is 16.7. The quantitative estimate of drug-likeness (QED) is 0.0278. The Bertz CT molecular complexity index is 1050. The van der Waals surface area contributed by atoms with E-state index in [1.807, 2.05) is 21.1 Å². The summed E-state index contributed by atoms with van der Waals surface area (Å²) in [4.78, 5) is 35.6. The molecule has 0 aliphatic carbocycles. The molecular weight excluding hydrogens is 822 g/mol. The number of quaternary nitrogens is 1. The molecule has 2 atom stereocenters. The van der Waals surface area contributed by atoms with Gasteiger partial charge in [-0.3, -0.25) is 18.6 Å². The summed E-state index contributed by atoms with van der Waals surface area (Å²) < 4.78 is 34.5. The Morgan fingerprint density at radius 2 is 0.703 bits per heavy atom. The van der Waals surface area contributed by atoms with E-state index in [0.717, 1.165) is 38.5 Å². The Balaban J connectivity index is 4.14. The number of hydrogen-bond donors (Lipinski definition) is 1. The number of carbonyl (C=O) groups is 2. The van der Waals surface area contributed by atoms with Gasteiger partial charge in [-0.1, -0.05) is 258 Å². The van der Waals surface area contributed by atoms with E-state index < -0.39 is 26.5 Å². The summed E-state index contributed by atoms with van der Waals surface area (Å²) >= 11 is 0. The number of hydrogen-bond acceptors (Lipinski definition) is 7. The van der Waals surface area contributed by atoms with Crippen molar-refractivity contribution in [2.45, 2.75) is 290 Å². The molecule has 0 rings (SSSR count). The molecular formula is C54H109NO8P+. The summed E-state index contributed by atoms with van der Waals surface area (Å²) in [6.45, 7) is 4.50. The molecule has 2 unspecified atom stereocenters. The third kappa shape index (κ3) is 50.4. The lowest BCUT2D eigenvalue weighted by Gasteiger charge is -2.24. The van der Waals surface area contributed by atoms with Gasteiger partial charge >= 0.3 is 19.8 Å². The molecule has 0 amide bonds. The summed E-state index contributed by atoms with van der Waals surface area (Å²) in [6, 6.07) is 0. The van der Waals surface area contributed by atoms with Gasteiger partial charge in [-0.25, -0.2) is 4.57 Å². The van der Waals surface area contributed by atoms with Gasteiger partial charge < -0.3 is 18.9 Å². The number of nitrogens with zero attached hydrogens (tertiary/aromatic N) is 1. The number of esters is 2. The molecule has 0 aromatic rings. The maximum absolute atomic E-state index is 12.8. The highest BCUT2D eigenvalue weighted by Crippen LogP contribution is 2.43. The Morgan fingerprint density at radius 1 is 0.422 bits per heavy atom. The maximum atomic E-state index is 12.8. The summed E-state index contributed by atoms with van der Waals surface area (Å²) in [7, 11) is 1.50. The van der Waals surface area contributed by atoms with Gasteiger partial charge in [0.25, 0.3) is 0 Å². The first-order chi connectivity index (χ1) is 31.0. The Hall–Kier alpha value is -0.990. The lowest BCUT2D eigenvalue weighted by Crippen LogP contribution is -2.37. The zero-order valence-corrected chi connectivity index (χ0v) is 44.2. The van der Waals surface area contributed by atoms with Crippen LogP contribution >= 0.6 is 7.82 Å². The molecule has 9 nitrogen and oxygen atoms in total. The number of phosphoric ester groups is 1. The van der Waals surface area contributed by atoms with Crippen LogP contribution in [0.3, 0.4) is 0 Å². The van der Waals surface area contributed by atoms with E-state index in [0.29, 0.717) is 17.4 Å². The van der Waals surface area contributed by atoms with E-state index in [1.54, 1.807) is 0 Å². The van der Waals surface area contributed by atoms with E-state index in [1.165, 1.54) is 218 Å². The van der Waals surface area contributed by atoms with Gasteiger partial charge in [-0.2, -0.15) is 0 Å². The Labute approximate surface area is 397 Å². The minimum atomic E-state index is -4.37. The monoisotopic (exact) mass is 931 g/mol. The number of unbranched alkanes of at least 4 members (excludes halogenated alkanes) is 38. The molecule has 0 aromatic heterocycles. The second kappa shape index (κ2) is 47.1. The van der Waals surface area contributed by atoms with Gasteiger partial charge in [0.05, 0.1) is 27.7 Å². The molecule has 0 saturated heterocycles. The van der Waals surface area contributed by atoms with Crippen molar-refractivity contribution in [1.29, 1.82) is 0 Å². The van der Waals surface area contributed by atoms with Crippen molar-refractivity contribution in [3.05, 3.63) is 0 Å². The molecule has 0 spiro atoms. The Kier molecular flexibility index (Phi) is 46.4. The fourth-order valence-electron chi connectivity index (χ4n) is 8.31. The van der Waals surface area contributed by atoms with Crippen LogP contribution in [0.2, 0.25) is 0 Å². The molecule has 0 aliphatic heterocycles. The molecule has 0 aromatic carbocycles. The first kappa shape index (κ1) is 63.0. The SMILES string of the molecule is CCCCCCCCCCCCCCCCCCCCCCCC(=O)OC(COC(=O)CCCCCCCCCCCCCCCCCCCCC)COP(=O)(O)OCC[N+](C)(C)C. The molecule has 1 N–H and O–H groups in total. The zero-order valence-electron chi connectivity index (χ0n) is 43.3. The highest BCUT2D eigenvalue weighted by Gasteiger charge is 2.27.